The summed E-state index contributed by atoms with van der Waals surface area (Å²) in [6.45, 7) is -0.654. The summed E-state index contributed by atoms with van der Waals surface area (Å²) in [5.41, 5.74) is -1.07. The molecule has 26 heavy (non-hydrogen) atoms. The second-order valence-corrected chi connectivity index (χ2v) is 7.98. The van der Waals surface area contributed by atoms with E-state index >= 15 is 0 Å². The molecule has 4 nitrogen and oxygen atoms in total. The van der Waals surface area contributed by atoms with Crippen LogP contribution in [0.4, 0.5) is 26.3 Å². The fraction of sp³-hybridized carbons (Fsp3) is 0.600. The highest BCUT2D eigenvalue weighted by Crippen LogP contribution is 2.30. The molecule has 1 fully saturated rings. The van der Waals surface area contributed by atoms with Gasteiger partial charge in [0.2, 0.25) is 10.0 Å². The maximum Gasteiger partial charge on any atom is 0.416 e. The molecule has 1 aromatic rings. The molecule has 1 saturated heterocycles. The molecule has 0 amide bonds. The van der Waals surface area contributed by atoms with Gasteiger partial charge in [0.1, 0.15) is 0 Å². The first-order valence-electron chi connectivity index (χ1n) is 7.83. The number of benzene rings is 1. The molecule has 1 aliphatic heterocycles. The summed E-state index contributed by atoms with van der Waals surface area (Å²) in [4.78, 5) is 0.750. The van der Waals surface area contributed by atoms with Crippen LogP contribution in [0.3, 0.4) is 0 Å². The molecule has 2 rings (SSSR count). The highest BCUT2D eigenvalue weighted by molar-refractivity contribution is 7.89. The van der Waals surface area contributed by atoms with Crippen molar-refractivity contribution >= 4 is 10.0 Å². The van der Waals surface area contributed by atoms with E-state index < -0.39 is 39.4 Å². The van der Waals surface area contributed by atoms with Gasteiger partial charge in [-0.25, -0.2) is 13.1 Å². The molecule has 1 heterocycles. The Morgan fingerprint density at radius 2 is 1.69 bits per heavy atom. The van der Waals surface area contributed by atoms with Crippen molar-refractivity contribution in [3.63, 3.8) is 0 Å². The number of halogens is 6. The van der Waals surface area contributed by atoms with Gasteiger partial charge in [-0.05, 0) is 50.0 Å². The predicted molar refractivity (Wildman–Crippen MR) is 81.9 cm³/mol. The first-order valence-corrected chi connectivity index (χ1v) is 9.31. The Hall–Kier alpha value is -1.33. The Bertz CT molecular complexity index is 710. The van der Waals surface area contributed by atoms with Gasteiger partial charge >= 0.3 is 12.4 Å². The van der Waals surface area contributed by atoms with E-state index in [1.807, 2.05) is 0 Å². The van der Waals surface area contributed by atoms with Crippen LogP contribution in [-0.2, 0) is 16.2 Å². The second-order valence-electron chi connectivity index (χ2n) is 6.21. The van der Waals surface area contributed by atoms with Crippen LogP contribution in [0.5, 0.6) is 0 Å². The summed E-state index contributed by atoms with van der Waals surface area (Å²) in [6, 6.07) is 3.39. The average Bonchev–Trinajstić information content (AvgIpc) is 2.52. The molecular formula is C15H18F6N2O2S. The molecule has 0 atom stereocenters. The van der Waals surface area contributed by atoms with E-state index in [0.29, 0.717) is 18.9 Å². The second kappa shape index (κ2) is 7.73. The zero-order valence-corrected chi connectivity index (χ0v) is 14.4. The number of hydrogen-bond acceptors (Lipinski definition) is 3. The third-order valence-corrected chi connectivity index (χ3v) is 5.56. The van der Waals surface area contributed by atoms with Crippen molar-refractivity contribution in [2.75, 3.05) is 26.2 Å². The lowest BCUT2D eigenvalue weighted by atomic mass is 9.97. The molecule has 0 saturated carbocycles. The van der Waals surface area contributed by atoms with Crippen molar-refractivity contribution in [2.24, 2.45) is 5.92 Å². The molecule has 11 heteroatoms. The van der Waals surface area contributed by atoms with Gasteiger partial charge in [0.15, 0.2) is 0 Å². The van der Waals surface area contributed by atoms with Crippen LogP contribution in [0.1, 0.15) is 18.4 Å². The topological polar surface area (TPSA) is 49.4 Å². The molecule has 0 radical (unpaired) electrons. The van der Waals surface area contributed by atoms with Gasteiger partial charge in [0.05, 0.1) is 17.0 Å². The number of nitrogens with one attached hydrogen (secondary N) is 1. The van der Waals surface area contributed by atoms with E-state index in [1.54, 1.807) is 0 Å². The third-order valence-electron chi connectivity index (χ3n) is 4.14. The third kappa shape index (κ3) is 6.13. The number of piperidine rings is 1. The van der Waals surface area contributed by atoms with Crippen molar-refractivity contribution in [2.45, 2.75) is 30.1 Å². The van der Waals surface area contributed by atoms with E-state index in [0.717, 1.165) is 18.2 Å². The number of hydrogen-bond donors (Lipinski definition) is 1. The maximum atomic E-state index is 12.7. The summed E-state index contributed by atoms with van der Waals surface area (Å²) in [7, 11) is -4.13. The monoisotopic (exact) mass is 404 g/mol. The van der Waals surface area contributed by atoms with Crippen molar-refractivity contribution in [1.82, 2.24) is 9.62 Å². The van der Waals surface area contributed by atoms with Crippen LogP contribution in [0, 0.1) is 5.92 Å². The highest BCUT2D eigenvalue weighted by atomic mass is 32.2. The molecule has 1 N–H and O–H groups in total. The molecule has 0 bridgehead atoms. The molecule has 0 aliphatic carbocycles. The van der Waals surface area contributed by atoms with E-state index in [2.05, 4.69) is 4.72 Å². The van der Waals surface area contributed by atoms with Gasteiger partial charge in [-0.1, -0.05) is 6.07 Å². The molecule has 0 spiro atoms. The minimum atomic E-state index is -4.66. The van der Waals surface area contributed by atoms with Gasteiger partial charge in [0.25, 0.3) is 0 Å². The largest absolute Gasteiger partial charge is 0.416 e. The Kier molecular flexibility index (Phi) is 6.24. The quantitative estimate of drug-likeness (QED) is 0.767. The standard InChI is InChI=1S/C15H18F6N2O2S/c16-14(17,18)10-23-6-4-11(5-7-23)9-22-26(24,25)13-3-1-2-12(8-13)15(19,20)21/h1-3,8,11,22H,4-7,9-10H2. The SMILES string of the molecule is O=S(=O)(NCC1CCN(CC(F)(F)F)CC1)c1cccc(C(F)(F)F)c1. The minimum absolute atomic E-state index is 0.0293. The zero-order valence-electron chi connectivity index (χ0n) is 13.6. The number of rotatable bonds is 5. The van der Waals surface area contributed by atoms with Crippen LogP contribution >= 0.6 is 0 Å². The van der Waals surface area contributed by atoms with Gasteiger partial charge in [-0.2, -0.15) is 26.3 Å². The molecule has 1 aliphatic rings. The lowest BCUT2D eigenvalue weighted by molar-refractivity contribution is -0.148. The zero-order chi connectivity index (χ0) is 19.6. The highest BCUT2D eigenvalue weighted by Gasteiger charge is 2.33. The van der Waals surface area contributed by atoms with Crippen LogP contribution in [0.25, 0.3) is 0 Å². The van der Waals surface area contributed by atoms with Crippen LogP contribution in [-0.4, -0.2) is 45.7 Å². The summed E-state index contributed by atoms with van der Waals surface area (Å²) >= 11 is 0. The van der Waals surface area contributed by atoms with Crippen LogP contribution < -0.4 is 4.72 Å². The van der Waals surface area contributed by atoms with Crippen molar-refractivity contribution in [3.05, 3.63) is 29.8 Å². The summed E-state index contributed by atoms with van der Waals surface area (Å²) in [5.74, 6) is -0.167. The summed E-state index contributed by atoms with van der Waals surface area (Å²) in [6.07, 6.45) is -8.18. The van der Waals surface area contributed by atoms with Gasteiger partial charge < -0.3 is 0 Å². The lowest BCUT2D eigenvalue weighted by Gasteiger charge is -2.32. The van der Waals surface area contributed by atoms with Crippen LogP contribution in [0.15, 0.2) is 29.2 Å². The normalized spacial score (nSPS) is 18.2. The Morgan fingerprint density at radius 1 is 1.08 bits per heavy atom. The van der Waals surface area contributed by atoms with E-state index in [1.165, 1.54) is 4.90 Å². The maximum absolute atomic E-state index is 12.7. The van der Waals surface area contributed by atoms with Crippen LogP contribution in [0.2, 0.25) is 0 Å². The number of sulfonamides is 1. The number of likely N-dealkylation sites (tertiary alicyclic amines) is 1. The molecular weight excluding hydrogens is 386 g/mol. The van der Waals surface area contributed by atoms with Gasteiger partial charge in [-0.15, -0.1) is 0 Å². The molecule has 148 valence electrons. The smallest absolute Gasteiger partial charge is 0.295 e. The lowest BCUT2D eigenvalue weighted by Crippen LogP contribution is -2.42. The first kappa shape index (κ1) is 21.0. The Balaban J connectivity index is 1.92. The average molecular weight is 404 g/mol. The Labute approximate surface area is 147 Å². The number of nitrogens with zero attached hydrogens (tertiary/aromatic N) is 1. The van der Waals surface area contributed by atoms with Crippen molar-refractivity contribution in [1.29, 1.82) is 0 Å². The van der Waals surface area contributed by atoms with Gasteiger partial charge in [-0.3, -0.25) is 4.90 Å². The van der Waals surface area contributed by atoms with Crippen molar-refractivity contribution in [3.8, 4) is 0 Å². The molecule has 0 aromatic heterocycles. The minimum Gasteiger partial charge on any atom is -0.295 e. The van der Waals surface area contributed by atoms with E-state index in [9.17, 15) is 34.8 Å². The fourth-order valence-corrected chi connectivity index (χ4v) is 3.91. The first-order chi connectivity index (χ1) is 11.9. The number of alkyl halides is 6. The predicted octanol–water partition coefficient (Wildman–Crippen LogP) is 3.26. The molecule has 0 unspecified atom stereocenters. The van der Waals surface area contributed by atoms with E-state index in [-0.39, 0.29) is 25.6 Å². The van der Waals surface area contributed by atoms with Crippen molar-refractivity contribution < 1.29 is 34.8 Å². The molecule has 1 aromatic carbocycles. The van der Waals surface area contributed by atoms with Gasteiger partial charge in [0, 0.05) is 6.54 Å². The fourth-order valence-electron chi connectivity index (χ4n) is 2.75. The van der Waals surface area contributed by atoms with E-state index in [4.69, 9.17) is 0 Å². The Morgan fingerprint density at radius 3 is 2.23 bits per heavy atom. The summed E-state index contributed by atoms with van der Waals surface area (Å²) < 4.78 is 102. The summed E-state index contributed by atoms with van der Waals surface area (Å²) in [5, 5.41) is 0.